The molecule has 0 amide bonds. The van der Waals surface area contributed by atoms with Crippen molar-refractivity contribution in [1.82, 2.24) is 49.9 Å². The van der Waals surface area contributed by atoms with Crippen molar-refractivity contribution in [3.05, 3.63) is 131 Å². The first-order valence-electron chi connectivity index (χ1n) is 19.6. The number of H-pyrrole nitrogens is 4. The third-order valence-corrected chi connectivity index (χ3v) is 13.0. The van der Waals surface area contributed by atoms with Gasteiger partial charge in [0.1, 0.15) is 11.4 Å². The van der Waals surface area contributed by atoms with Crippen LogP contribution in [0.5, 0.6) is 0 Å². The standard InChI is InChI=1S/C44H52N10/c1-41(2)33-14-18-37(45-33)43(5)22-7-9-24-53-27-31(49-51-53)29-12-11-13-30(26-29)32-28-54(52-50-32)25-10-8-23-44(6,38-19-15-34(41)46-38)40-21-17-36(48-40)42(3,4)35-16-20-39(43)47-35/h11-21,26-28,45-48H,7-10,22-25H2,1-6H3. The lowest BCUT2D eigenvalue weighted by Crippen LogP contribution is -2.29. The van der Waals surface area contributed by atoms with Crippen LogP contribution in [-0.2, 0) is 34.7 Å². The highest BCUT2D eigenvalue weighted by Crippen LogP contribution is 2.44. The first kappa shape index (κ1) is 34.4. The number of fused-ring (bicyclic) bond motifs is 6. The van der Waals surface area contributed by atoms with E-state index in [0.717, 1.165) is 74.1 Å². The second-order valence-electron chi connectivity index (χ2n) is 17.3. The lowest BCUT2D eigenvalue weighted by molar-refractivity contribution is 0.434. The maximum Gasteiger partial charge on any atom is 0.113 e. The van der Waals surface area contributed by atoms with Gasteiger partial charge in [-0.05, 0) is 122 Å². The van der Waals surface area contributed by atoms with Crippen molar-refractivity contribution in [2.24, 2.45) is 0 Å². The van der Waals surface area contributed by atoms with Gasteiger partial charge in [-0.25, -0.2) is 0 Å². The summed E-state index contributed by atoms with van der Waals surface area (Å²) in [6.07, 6.45) is 10.1. The Hall–Kier alpha value is -5.38. The van der Waals surface area contributed by atoms with Gasteiger partial charge in [-0.2, -0.15) is 0 Å². The second-order valence-corrected chi connectivity index (χ2v) is 17.3. The van der Waals surface area contributed by atoms with Crippen LogP contribution in [0, 0.1) is 0 Å². The van der Waals surface area contributed by atoms with Crippen LogP contribution >= 0.6 is 0 Å². The van der Waals surface area contributed by atoms with E-state index in [9.17, 15) is 0 Å². The van der Waals surface area contributed by atoms with Crippen molar-refractivity contribution >= 4 is 0 Å². The van der Waals surface area contributed by atoms with Crippen LogP contribution < -0.4 is 0 Å². The minimum atomic E-state index is -0.266. The van der Waals surface area contributed by atoms with Gasteiger partial charge in [0.05, 0.1) is 12.4 Å². The van der Waals surface area contributed by atoms with E-state index < -0.39 is 0 Å². The van der Waals surface area contributed by atoms with E-state index in [2.05, 4.69) is 167 Å². The summed E-state index contributed by atoms with van der Waals surface area (Å²) in [7, 11) is 0. The highest BCUT2D eigenvalue weighted by atomic mass is 15.4. The SMILES string of the molecule is CC1(C)c2ccc([nH]2)C2(C)CCCCn3cc(nn3)-c3cccc(c3)-c3cn(nn3)CCCCC(C)(c3ccc1[nH]3)c1ccc([nH]1)C(C)(C)c1ccc2[nH]1. The predicted octanol–water partition coefficient (Wildman–Crippen LogP) is 9.15. The summed E-state index contributed by atoms with van der Waals surface area (Å²) in [5.41, 5.74) is 12.4. The maximum absolute atomic E-state index is 4.56. The molecule has 0 spiro atoms. The zero-order valence-electron chi connectivity index (χ0n) is 32.4. The highest BCUT2D eigenvalue weighted by Gasteiger charge is 2.39. The quantitative estimate of drug-likeness (QED) is 0.125. The molecule has 3 aliphatic heterocycles. The molecule has 0 radical (unpaired) electrons. The van der Waals surface area contributed by atoms with Gasteiger partial charge in [0.25, 0.3) is 0 Å². The Kier molecular flexibility index (Phi) is 8.03. The second kappa shape index (κ2) is 12.6. The minimum absolute atomic E-state index is 0.263. The minimum Gasteiger partial charge on any atom is -0.361 e. The molecule has 4 N–H and O–H groups in total. The van der Waals surface area contributed by atoms with Crippen LogP contribution in [-0.4, -0.2) is 49.9 Å². The molecule has 10 heteroatoms. The fourth-order valence-electron chi connectivity index (χ4n) is 8.87. The molecule has 6 aromatic heterocycles. The number of aryl methyl sites for hydroxylation is 2. The molecule has 0 aliphatic carbocycles. The molecule has 0 unspecified atom stereocenters. The van der Waals surface area contributed by atoms with Gasteiger partial charge in [0, 0.05) is 91.4 Å². The molecule has 3 aliphatic rings. The fourth-order valence-corrected chi connectivity index (χ4v) is 8.87. The number of benzene rings is 1. The van der Waals surface area contributed by atoms with Crippen molar-refractivity contribution in [2.75, 3.05) is 0 Å². The molecule has 9 heterocycles. The van der Waals surface area contributed by atoms with Crippen LogP contribution in [0.15, 0.2) is 85.2 Å². The first-order valence-corrected chi connectivity index (χ1v) is 19.6. The van der Waals surface area contributed by atoms with E-state index in [4.69, 9.17) is 0 Å². The zero-order chi connectivity index (χ0) is 37.3. The zero-order valence-corrected chi connectivity index (χ0v) is 32.4. The molecule has 278 valence electrons. The van der Waals surface area contributed by atoms with Crippen LogP contribution in [0.1, 0.15) is 126 Å². The van der Waals surface area contributed by atoms with Crippen molar-refractivity contribution in [3.63, 3.8) is 0 Å². The lowest BCUT2D eigenvalue weighted by atomic mass is 9.78. The molecule has 16 bridgehead atoms. The van der Waals surface area contributed by atoms with Gasteiger partial charge in [-0.15, -0.1) is 10.2 Å². The first-order chi connectivity index (χ1) is 25.9. The molecule has 1 aromatic carbocycles. The molecular formula is C44H52N10. The van der Waals surface area contributed by atoms with E-state index in [1.807, 2.05) is 9.36 Å². The van der Waals surface area contributed by atoms with Crippen LogP contribution in [0.4, 0.5) is 0 Å². The Balaban J connectivity index is 1.16. The Morgan fingerprint density at radius 3 is 1.19 bits per heavy atom. The normalized spacial score (nSPS) is 22.5. The summed E-state index contributed by atoms with van der Waals surface area (Å²) >= 11 is 0. The molecule has 10 rings (SSSR count). The number of aromatic amines is 4. The molecule has 0 saturated heterocycles. The summed E-state index contributed by atoms with van der Waals surface area (Å²) in [4.78, 5) is 15.9. The van der Waals surface area contributed by atoms with Crippen LogP contribution in [0.3, 0.4) is 0 Å². The number of hydrogen-bond donors (Lipinski definition) is 4. The monoisotopic (exact) mass is 720 g/mol. The van der Waals surface area contributed by atoms with Crippen molar-refractivity contribution in [2.45, 2.75) is 115 Å². The predicted molar refractivity (Wildman–Crippen MR) is 213 cm³/mol. The highest BCUT2D eigenvalue weighted by molar-refractivity contribution is 5.68. The van der Waals surface area contributed by atoms with E-state index >= 15 is 0 Å². The molecule has 7 aromatic rings. The summed E-state index contributed by atoms with van der Waals surface area (Å²) in [5.74, 6) is 0. The molecule has 10 nitrogen and oxygen atoms in total. The van der Waals surface area contributed by atoms with Gasteiger partial charge < -0.3 is 19.9 Å². The largest absolute Gasteiger partial charge is 0.361 e. The number of rotatable bonds is 0. The van der Waals surface area contributed by atoms with Gasteiger partial charge in [-0.1, -0.05) is 41.5 Å². The van der Waals surface area contributed by atoms with E-state index in [1.165, 1.54) is 45.6 Å². The maximum atomic E-state index is 4.56. The van der Waals surface area contributed by atoms with Crippen molar-refractivity contribution in [3.8, 4) is 22.5 Å². The summed E-state index contributed by atoms with van der Waals surface area (Å²) in [6.45, 7) is 15.7. The molecule has 54 heavy (non-hydrogen) atoms. The number of aromatic nitrogens is 10. The average molecular weight is 721 g/mol. The number of hydrogen-bond acceptors (Lipinski definition) is 4. The topological polar surface area (TPSA) is 125 Å². The summed E-state index contributed by atoms with van der Waals surface area (Å²) in [6, 6.07) is 26.8. The summed E-state index contributed by atoms with van der Waals surface area (Å²) < 4.78 is 3.96. The van der Waals surface area contributed by atoms with Gasteiger partial charge in [0.15, 0.2) is 0 Å². The molecular weight excluding hydrogens is 669 g/mol. The number of nitrogens with zero attached hydrogens (tertiary/aromatic N) is 6. The molecule has 0 saturated carbocycles. The Morgan fingerprint density at radius 1 is 0.463 bits per heavy atom. The summed E-state index contributed by atoms with van der Waals surface area (Å²) in [5, 5.41) is 18.2. The Morgan fingerprint density at radius 2 is 0.815 bits per heavy atom. The Labute approximate surface area is 317 Å². The van der Waals surface area contributed by atoms with Gasteiger partial charge in [-0.3, -0.25) is 9.36 Å². The van der Waals surface area contributed by atoms with Crippen molar-refractivity contribution < 1.29 is 0 Å². The third kappa shape index (κ3) is 5.69. The number of nitrogens with one attached hydrogen (secondary N) is 4. The third-order valence-electron chi connectivity index (χ3n) is 13.0. The smallest absolute Gasteiger partial charge is 0.113 e. The molecule has 0 fully saturated rings. The van der Waals surface area contributed by atoms with E-state index in [1.54, 1.807) is 0 Å². The Bertz CT molecular complexity index is 2170. The fraction of sp³-hybridized carbons (Fsp3) is 0.409. The van der Waals surface area contributed by atoms with Gasteiger partial charge >= 0.3 is 0 Å². The van der Waals surface area contributed by atoms with Gasteiger partial charge in [0.2, 0.25) is 0 Å². The lowest BCUT2D eigenvalue weighted by Gasteiger charge is -2.31. The average Bonchev–Trinajstić information content (AvgIpc) is 4.01. The van der Waals surface area contributed by atoms with E-state index in [0.29, 0.717) is 0 Å². The molecule has 0 atom stereocenters. The van der Waals surface area contributed by atoms with E-state index in [-0.39, 0.29) is 21.7 Å². The van der Waals surface area contributed by atoms with Crippen molar-refractivity contribution in [1.29, 1.82) is 0 Å². The van der Waals surface area contributed by atoms with Crippen LogP contribution in [0.2, 0.25) is 0 Å². The van der Waals surface area contributed by atoms with Crippen LogP contribution in [0.25, 0.3) is 22.5 Å².